The van der Waals surface area contributed by atoms with E-state index in [1.54, 1.807) is 6.33 Å². The standard InChI is InChI=1S/C11H16ClN3O/c1-2-9-5-11(14-8-13-9)15-3-4-16-10(6-12)7-15/h5,8,10H,2-4,6-7H2,1H3. The van der Waals surface area contributed by atoms with Crippen LogP contribution >= 0.6 is 11.6 Å². The molecule has 4 nitrogen and oxygen atoms in total. The van der Waals surface area contributed by atoms with Gasteiger partial charge in [0.1, 0.15) is 12.1 Å². The molecule has 1 aliphatic heterocycles. The van der Waals surface area contributed by atoms with Crippen LogP contribution in [0.25, 0.3) is 0 Å². The van der Waals surface area contributed by atoms with Crippen LogP contribution in [0.2, 0.25) is 0 Å². The van der Waals surface area contributed by atoms with Crippen molar-refractivity contribution in [2.75, 3.05) is 30.5 Å². The van der Waals surface area contributed by atoms with Gasteiger partial charge in [-0.2, -0.15) is 0 Å². The molecule has 1 unspecified atom stereocenters. The van der Waals surface area contributed by atoms with Gasteiger partial charge in [-0.05, 0) is 6.42 Å². The van der Waals surface area contributed by atoms with Crippen molar-refractivity contribution in [2.24, 2.45) is 0 Å². The molecule has 2 rings (SSSR count). The number of morpholine rings is 1. The third kappa shape index (κ3) is 2.62. The second-order valence-corrected chi connectivity index (χ2v) is 4.12. The number of nitrogens with zero attached hydrogens (tertiary/aromatic N) is 3. The Morgan fingerprint density at radius 1 is 1.56 bits per heavy atom. The Kier molecular flexibility index (Phi) is 3.96. The SMILES string of the molecule is CCc1cc(N2CCOC(CCl)C2)ncn1. The zero-order valence-electron chi connectivity index (χ0n) is 9.40. The molecule has 88 valence electrons. The van der Waals surface area contributed by atoms with Gasteiger partial charge in [0.2, 0.25) is 0 Å². The zero-order valence-corrected chi connectivity index (χ0v) is 10.2. The van der Waals surface area contributed by atoms with Crippen molar-refractivity contribution in [3.8, 4) is 0 Å². The Morgan fingerprint density at radius 3 is 3.19 bits per heavy atom. The zero-order chi connectivity index (χ0) is 11.4. The van der Waals surface area contributed by atoms with Crippen molar-refractivity contribution in [3.05, 3.63) is 18.1 Å². The molecule has 1 aliphatic rings. The Morgan fingerprint density at radius 2 is 2.44 bits per heavy atom. The smallest absolute Gasteiger partial charge is 0.132 e. The molecule has 0 aliphatic carbocycles. The molecule has 5 heteroatoms. The Balaban J connectivity index is 2.10. The fourth-order valence-corrected chi connectivity index (χ4v) is 1.96. The topological polar surface area (TPSA) is 38.2 Å². The van der Waals surface area contributed by atoms with E-state index in [0.29, 0.717) is 12.5 Å². The van der Waals surface area contributed by atoms with Crippen LogP contribution in [-0.4, -0.2) is 41.6 Å². The van der Waals surface area contributed by atoms with Crippen LogP contribution in [0.15, 0.2) is 12.4 Å². The number of ether oxygens (including phenoxy) is 1. The van der Waals surface area contributed by atoms with Crippen LogP contribution in [0.1, 0.15) is 12.6 Å². The molecule has 0 N–H and O–H groups in total. The summed E-state index contributed by atoms with van der Waals surface area (Å²) in [5.41, 5.74) is 1.07. The number of hydrogen-bond donors (Lipinski definition) is 0. The van der Waals surface area contributed by atoms with Gasteiger partial charge in [-0.1, -0.05) is 6.92 Å². The maximum Gasteiger partial charge on any atom is 0.132 e. The summed E-state index contributed by atoms with van der Waals surface area (Å²) in [5, 5.41) is 0. The molecule has 1 fully saturated rings. The highest BCUT2D eigenvalue weighted by atomic mass is 35.5. The van der Waals surface area contributed by atoms with Crippen molar-refractivity contribution in [1.29, 1.82) is 0 Å². The van der Waals surface area contributed by atoms with Crippen molar-refractivity contribution in [2.45, 2.75) is 19.4 Å². The highest BCUT2D eigenvalue weighted by molar-refractivity contribution is 6.18. The van der Waals surface area contributed by atoms with E-state index < -0.39 is 0 Å². The molecule has 0 radical (unpaired) electrons. The number of aryl methyl sites for hydroxylation is 1. The summed E-state index contributed by atoms with van der Waals surface area (Å²) in [5.74, 6) is 1.51. The normalized spacial score (nSPS) is 21.1. The largest absolute Gasteiger partial charge is 0.373 e. The number of anilines is 1. The van der Waals surface area contributed by atoms with Crippen LogP contribution in [0.3, 0.4) is 0 Å². The minimum atomic E-state index is 0.107. The van der Waals surface area contributed by atoms with E-state index >= 15 is 0 Å². The van der Waals surface area contributed by atoms with E-state index in [9.17, 15) is 0 Å². The molecule has 1 saturated heterocycles. The van der Waals surface area contributed by atoms with E-state index in [1.165, 1.54) is 0 Å². The van der Waals surface area contributed by atoms with Gasteiger partial charge < -0.3 is 9.64 Å². The first-order valence-corrected chi connectivity index (χ1v) is 6.10. The first-order chi connectivity index (χ1) is 7.83. The molecular formula is C11H16ClN3O. The molecule has 0 aromatic carbocycles. The van der Waals surface area contributed by atoms with Gasteiger partial charge in [-0.25, -0.2) is 9.97 Å². The third-order valence-corrected chi connectivity index (χ3v) is 3.05. The summed E-state index contributed by atoms with van der Waals surface area (Å²) in [6, 6.07) is 2.04. The highest BCUT2D eigenvalue weighted by Crippen LogP contribution is 2.16. The lowest BCUT2D eigenvalue weighted by atomic mass is 10.2. The molecular weight excluding hydrogens is 226 g/mol. The average molecular weight is 242 g/mol. The summed E-state index contributed by atoms with van der Waals surface area (Å²) in [6.45, 7) is 4.48. The van der Waals surface area contributed by atoms with Crippen molar-refractivity contribution in [3.63, 3.8) is 0 Å². The van der Waals surface area contributed by atoms with Gasteiger partial charge >= 0.3 is 0 Å². The molecule has 2 heterocycles. The predicted octanol–water partition coefficient (Wildman–Crippen LogP) is 1.48. The summed E-state index contributed by atoms with van der Waals surface area (Å²) in [4.78, 5) is 10.7. The van der Waals surface area contributed by atoms with E-state index in [0.717, 1.165) is 31.0 Å². The predicted molar refractivity (Wildman–Crippen MR) is 64.1 cm³/mol. The first-order valence-electron chi connectivity index (χ1n) is 5.57. The monoisotopic (exact) mass is 241 g/mol. The third-order valence-electron chi connectivity index (χ3n) is 2.71. The van der Waals surface area contributed by atoms with Gasteiger partial charge in [-0.3, -0.25) is 0 Å². The van der Waals surface area contributed by atoms with Crippen molar-refractivity contribution in [1.82, 2.24) is 9.97 Å². The lowest BCUT2D eigenvalue weighted by molar-refractivity contribution is 0.0551. The van der Waals surface area contributed by atoms with E-state index in [-0.39, 0.29) is 6.10 Å². The number of halogens is 1. The summed E-state index contributed by atoms with van der Waals surface area (Å²) >= 11 is 5.81. The van der Waals surface area contributed by atoms with E-state index in [4.69, 9.17) is 16.3 Å². The fourth-order valence-electron chi connectivity index (χ4n) is 1.77. The molecule has 0 bridgehead atoms. The fraction of sp³-hybridized carbons (Fsp3) is 0.636. The molecule has 0 saturated carbocycles. The Labute approximate surface area is 101 Å². The Bertz CT molecular complexity index is 348. The first kappa shape index (κ1) is 11.6. The summed E-state index contributed by atoms with van der Waals surface area (Å²) < 4.78 is 5.52. The summed E-state index contributed by atoms with van der Waals surface area (Å²) in [6.07, 6.45) is 2.66. The van der Waals surface area contributed by atoms with Gasteiger partial charge in [0.15, 0.2) is 0 Å². The second-order valence-electron chi connectivity index (χ2n) is 3.81. The molecule has 1 atom stereocenters. The van der Waals surface area contributed by atoms with Crippen LogP contribution < -0.4 is 4.90 Å². The maximum absolute atomic E-state index is 5.81. The van der Waals surface area contributed by atoms with Gasteiger partial charge in [-0.15, -0.1) is 11.6 Å². The minimum Gasteiger partial charge on any atom is -0.373 e. The molecule has 1 aromatic rings. The molecule has 0 amide bonds. The maximum atomic E-state index is 5.81. The second kappa shape index (κ2) is 5.46. The molecule has 1 aromatic heterocycles. The number of hydrogen-bond acceptors (Lipinski definition) is 4. The van der Waals surface area contributed by atoms with Crippen molar-refractivity contribution >= 4 is 17.4 Å². The lowest BCUT2D eigenvalue weighted by Crippen LogP contribution is -2.43. The molecule has 16 heavy (non-hydrogen) atoms. The number of aromatic nitrogens is 2. The number of rotatable bonds is 3. The van der Waals surface area contributed by atoms with E-state index in [1.807, 2.05) is 6.07 Å². The van der Waals surface area contributed by atoms with Crippen LogP contribution in [0.4, 0.5) is 5.82 Å². The van der Waals surface area contributed by atoms with Crippen molar-refractivity contribution < 1.29 is 4.74 Å². The van der Waals surface area contributed by atoms with Crippen LogP contribution in [0.5, 0.6) is 0 Å². The Hall–Kier alpha value is -0.870. The van der Waals surface area contributed by atoms with Gasteiger partial charge in [0.05, 0.1) is 18.6 Å². The van der Waals surface area contributed by atoms with E-state index in [2.05, 4.69) is 21.8 Å². The van der Waals surface area contributed by atoms with Gasteiger partial charge in [0, 0.05) is 24.8 Å². The van der Waals surface area contributed by atoms with Crippen LogP contribution in [0, 0.1) is 0 Å². The minimum absolute atomic E-state index is 0.107. The average Bonchev–Trinajstić information content (AvgIpc) is 2.39. The molecule has 0 spiro atoms. The number of alkyl halides is 1. The highest BCUT2D eigenvalue weighted by Gasteiger charge is 2.20. The van der Waals surface area contributed by atoms with Crippen LogP contribution in [-0.2, 0) is 11.2 Å². The van der Waals surface area contributed by atoms with Gasteiger partial charge in [0.25, 0.3) is 0 Å². The lowest BCUT2D eigenvalue weighted by Gasteiger charge is -2.32. The quantitative estimate of drug-likeness (QED) is 0.752. The summed E-state index contributed by atoms with van der Waals surface area (Å²) in [7, 11) is 0.